The fourth-order valence-corrected chi connectivity index (χ4v) is 2.05. The monoisotopic (exact) mass is 267 g/mol. The minimum Gasteiger partial charge on any atom is -0.496 e. The van der Waals surface area contributed by atoms with Crippen molar-refractivity contribution in [2.24, 2.45) is 0 Å². The number of carboxylic acids is 1. The Bertz CT molecular complexity index is 433. The van der Waals surface area contributed by atoms with Gasteiger partial charge in [-0.15, -0.1) is 0 Å². The maximum Gasteiger partial charge on any atom is 0.305 e. The first-order chi connectivity index (χ1) is 8.99. The summed E-state index contributed by atoms with van der Waals surface area (Å²) in [6, 6.07) is 4.93. The van der Waals surface area contributed by atoms with Crippen molar-refractivity contribution in [3.05, 3.63) is 29.3 Å². The van der Waals surface area contributed by atoms with E-state index in [1.54, 1.807) is 6.07 Å². The summed E-state index contributed by atoms with van der Waals surface area (Å²) >= 11 is 0. The van der Waals surface area contributed by atoms with E-state index < -0.39 is 18.1 Å². The summed E-state index contributed by atoms with van der Waals surface area (Å²) in [6.07, 6.45) is -1.07. The molecule has 0 fully saturated rings. The molecular weight excluding hydrogens is 246 g/mol. The van der Waals surface area contributed by atoms with Gasteiger partial charge in [-0.05, 0) is 25.6 Å². The highest BCUT2D eigenvalue weighted by molar-refractivity contribution is 5.67. The van der Waals surface area contributed by atoms with Crippen LogP contribution in [0, 0.1) is 6.92 Å². The number of rotatable bonds is 7. The highest BCUT2D eigenvalue weighted by Gasteiger charge is 2.25. The minimum absolute atomic E-state index is 0.147. The van der Waals surface area contributed by atoms with Crippen LogP contribution in [0.4, 0.5) is 0 Å². The molecule has 5 nitrogen and oxygen atoms in total. The number of aliphatic hydroxyl groups excluding tert-OH is 1. The molecule has 2 unspecified atom stereocenters. The lowest BCUT2D eigenvalue weighted by atomic mass is 9.97. The predicted octanol–water partition coefficient (Wildman–Crippen LogP) is 1.49. The molecule has 0 amide bonds. The van der Waals surface area contributed by atoms with Gasteiger partial charge in [-0.2, -0.15) is 0 Å². The van der Waals surface area contributed by atoms with Gasteiger partial charge in [0.1, 0.15) is 5.75 Å². The number of aryl methyl sites for hydroxylation is 1. The van der Waals surface area contributed by atoms with Crippen LogP contribution in [0.25, 0.3) is 0 Å². The molecule has 19 heavy (non-hydrogen) atoms. The lowest BCUT2D eigenvalue weighted by Crippen LogP contribution is -2.37. The van der Waals surface area contributed by atoms with Crippen LogP contribution in [-0.4, -0.2) is 35.9 Å². The summed E-state index contributed by atoms with van der Waals surface area (Å²) in [6.45, 7) is 4.37. The first-order valence-electron chi connectivity index (χ1n) is 6.27. The number of nitrogens with one attached hydrogen (secondary N) is 1. The Morgan fingerprint density at radius 1 is 1.47 bits per heavy atom. The number of likely N-dealkylation sites (N-methyl/N-ethyl adjacent to an activating group) is 1. The molecule has 1 rings (SSSR count). The molecule has 1 aromatic rings. The lowest BCUT2D eigenvalue weighted by molar-refractivity contribution is -0.138. The van der Waals surface area contributed by atoms with Gasteiger partial charge in [-0.1, -0.05) is 18.6 Å². The summed E-state index contributed by atoms with van der Waals surface area (Å²) in [5, 5.41) is 22.3. The molecule has 0 saturated carbocycles. The third-order valence-corrected chi connectivity index (χ3v) is 2.95. The van der Waals surface area contributed by atoms with Crippen molar-refractivity contribution in [2.45, 2.75) is 32.4 Å². The van der Waals surface area contributed by atoms with Gasteiger partial charge in [-0.25, -0.2) is 0 Å². The van der Waals surface area contributed by atoms with Crippen LogP contribution < -0.4 is 10.1 Å². The van der Waals surface area contributed by atoms with E-state index in [-0.39, 0.29) is 6.42 Å². The second kappa shape index (κ2) is 7.11. The van der Waals surface area contributed by atoms with Crippen LogP contribution >= 0.6 is 0 Å². The Labute approximate surface area is 113 Å². The molecule has 0 aliphatic carbocycles. The average Bonchev–Trinajstić information content (AvgIpc) is 2.37. The van der Waals surface area contributed by atoms with E-state index in [9.17, 15) is 9.90 Å². The van der Waals surface area contributed by atoms with Crippen molar-refractivity contribution in [2.75, 3.05) is 13.7 Å². The van der Waals surface area contributed by atoms with Gasteiger partial charge in [-0.3, -0.25) is 4.79 Å². The zero-order valence-corrected chi connectivity index (χ0v) is 11.5. The molecule has 0 bridgehead atoms. The molecule has 1 aromatic carbocycles. The Morgan fingerprint density at radius 3 is 2.68 bits per heavy atom. The van der Waals surface area contributed by atoms with E-state index in [0.717, 1.165) is 5.56 Å². The Balaban J connectivity index is 3.03. The smallest absolute Gasteiger partial charge is 0.305 e. The maximum absolute atomic E-state index is 10.9. The predicted molar refractivity (Wildman–Crippen MR) is 72.4 cm³/mol. The molecular formula is C14H21NO4. The van der Waals surface area contributed by atoms with Gasteiger partial charge in [0.25, 0.3) is 0 Å². The number of ether oxygens (including phenoxy) is 1. The molecule has 0 radical (unpaired) electrons. The van der Waals surface area contributed by atoms with E-state index in [1.165, 1.54) is 7.11 Å². The Morgan fingerprint density at radius 2 is 2.16 bits per heavy atom. The third kappa shape index (κ3) is 4.22. The van der Waals surface area contributed by atoms with Crippen LogP contribution in [0.5, 0.6) is 5.75 Å². The van der Waals surface area contributed by atoms with Crippen LogP contribution in [0.3, 0.4) is 0 Å². The molecule has 3 N–H and O–H groups in total. The van der Waals surface area contributed by atoms with E-state index in [1.807, 2.05) is 26.0 Å². The molecule has 106 valence electrons. The summed E-state index contributed by atoms with van der Waals surface area (Å²) in [7, 11) is 1.53. The number of hydrogen-bond donors (Lipinski definition) is 3. The van der Waals surface area contributed by atoms with Crippen molar-refractivity contribution >= 4 is 5.97 Å². The molecule has 0 heterocycles. The van der Waals surface area contributed by atoms with Gasteiger partial charge in [0.2, 0.25) is 0 Å². The number of aliphatic hydroxyl groups is 1. The number of carboxylic acid groups (broad SMARTS) is 1. The van der Waals surface area contributed by atoms with Crippen LogP contribution in [0.15, 0.2) is 18.2 Å². The Hall–Kier alpha value is -1.59. The standard InChI is InChI=1S/C14H21NO4/c1-4-15-11(8-13(16)17)14(18)10-7-9(2)5-6-12(10)19-3/h5-7,11,14-15,18H,4,8H2,1-3H3,(H,16,17). The van der Waals surface area contributed by atoms with Gasteiger partial charge < -0.3 is 20.3 Å². The lowest BCUT2D eigenvalue weighted by Gasteiger charge is -2.24. The quantitative estimate of drug-likeness (QED) is 0.697. The normalized spacial score (nSPS) is 13.9. The second-order valence-electron chi connectivity index (χ2n) is 4.45. The Kier molecular flexibility index (Phi) is 5.79. The number of carbonyl (C=O) groups is 1. The molecule has 0 saturated heterocycles. The molecule has 0 spiro atoms. The third-order valence-electron chi connectivity index (χ3n) is 2.95. The van der Waals surface area contributed by atoms with E-state index >= 15 is 0 Å². The van der Waals surface area contributed by atoms with Gasteiger partial charge >= 0.3 is 5.97 Å². The van der Waals surface area contributed by atoms with Gasteiger partial charge in [0.15, 0.2) is 0 Å². The fourth-order valence-electron chi connectivity index (χ4n) is 2.05. The van der Waals surface area contributed by atoms with Gasteiger partial charge in [0, 0.05) is 11.6 Å². The fraction of sp³-hybridized carbons (Fsp3) is 0.500. The first kappa shape index (κ1) is 15.5. The maximum atomic E-state index is 10.9. The number of hydrogen-bond acceptors (Lipinski definition) is 4. The van der Waals surface area contributed by atoms with E-state index in [2.05, 4.69) is 5.32 Å². The SMILES string of the molecule is CCNC(CC(=O)O)C(O)c1cc(C)ccc1OC. The topological polar surface area (TPSA) is 78.8 Å². The minimum atomic E-state index is -0.948. The highest BCUT2D eigenvalue weighted by Crippen LogP contribution is 2.29. The molecule has 0 aliphatic heterocycles. The van der Waals surface area contributed by atoms with E-state index in [4.69, 9.17) is 9.84 Å². The van der Waals surface area contributed by atoms with Crippen LogP contribution in [-0.2, 0) is 4.79 Å². The zero-order valence-electron chi connectivity index (χ0n) is 11.5. The zero-order chi connectivity index (χ0) is 14.4. The van der Waals surface area contributed by atoms with Crippen molar-refractivity contribution in [3.8, 4) is 5.75 Å². The molecule has 2 atom stereocenters. The van der Waals surface area contributed by atoms with Crippen molar-refractivity contribution in [3.63, 3.8) is 0 Å². The van der Waals surface area contributed by atoms with Crippen molar-refractivity contribution in [1.82, 2.24) is 5.32 Å². The number of aliphatic carboxylic acids is 1. The second-order valence-corrected chi connectivity index (χ2v) is 4.45. The number of methoxy groups -OCH3 is 1. The molecule has 0 aromatic heterocycles. The van der Waals surface area contributed by atoms with Crippen LogP contribution in [0.2, 0.25) is 0 Å². The van der Waals surface area contributed by atoms with Crippen LogP contribution in [0.1, 0.15) is 30.6 Å². The molecule has 5 heteroatoms. The summed E-state index contributed by atoms with van der Waals surface area (Å²) < 4.78 is 5.22. The largest absolute Gasteiger partial charge is 0.496 e. The van der Waals surface area contributed by atoms with Gasteiger partial charge in [0.05, 0.1) is 19.6 Å². The van der Waals surface area contributed by atoms with E-state index in [0.29, 0.717) is 17.9 Å². The molecule has 0 aliphatic rings. The average molecular weight is 267 g/mol. The first-order valence-corrected chi connectivity index (χ1v) is 6.27. The summed E-state index contributed by atoms with van der Waals surface area (Å²) in [5.41, 5.74) is 1.59. The summed E-state index contributed by atoms with van der Waals surface area (Å²) in [5.74, 6) is -0.386. The number of benzene rings is 1. The highest BCUT2D eigenvalue weighted by atomic mass is 16.5. The summed E-state index contributed by atoms with van der Waals surface area (Å²) in [4.78, 5) is 10.9. The van der Waals surface area contributed by atoms with Crippen molar-refractivity contribution in [1.29, 1.82) is 0 Å². The van der Waals surface area contributed by atoms with Crippen molar-refractivity contribution < 1.29 is 19.7 Å².